The van der Waals surface area contributed by atoms with Crippen molar-refractivity contribution in [1.29, 1.82) is 0 Å². The van der Waals surface area contributed by atoms with Gasteiger partial charge in [0.1, 0.15) is 5.82 Å². The summed E-state index contributed by atoms with van der Waals surface area (Å²) in [5, 5.41) is 0.0727. The minimum Gasteiger partial charge on any atom is -0.343 e. The number of nitrogens with zero attached hydrogens (tertiary/aromatic N) is 1. The second-order valence-electron chi connectivity index (χ2n) is 4.40. The van der Waals surface area contributed by atoms with Crippen LogP contribution < -0.4 is 5.73 Å². The highest BCUT2D eigenvalue weighted by Gasteiger charge is 2.21. The molecule has 0 spiro atoms. The molecule has 1 aromatic carbocycles. The fourth-order valence-corrected chi connectivity index (χ4v) is 2.22. The van der Waals surface area contributed by atoms with E-state index in [4.69, 9.17) is 17.3 Å². The molecule has 1 rings (SSSR count). The van der Waals surface area contributed by atoms with Crippen molar-refractivity contribution in [3.63, 3.8) is 0 Å². The summed E-state index contributed by atoms with van der Waals surface area (Å²) in [5.41, 5.74) is 6.50. The molecule has 0 aromatic heterocycles. The van der Waals surface area contributed by atoms with Crippen molar-refractivity contribution in [3.05, 3.63) is 34.6 Å². The monoisotopic (exact) mass is 286 g/mol. The highest BCUT2D eigenvalue weighted by molar-refractivity contribution is 6.30. The van der Waals surface area contributed by atoms with Crippen LogP contribution in [0.5, 0.6) is 0 Å². The molecule has 3 nitrogen and oxygen atoms in total. The molecule has 1 atom stereocenters. The maximum atomic E-state index is 13.1. The van der Waals surface area contributed by atoms with Crippen molar-refractivity contribution in [1.82, 2.24) is 4.90 Å². The van der Waals surface area contributed by atoms with E-state index >= 15 is 0 Å². The van der Waals surface area contributed by atoms with Crippen molar-refractivity contribution in [2.75, 3.05) is 19.6 Å². The van der Waals surface area contributed by atoms with E-state index in [0.717, 1.165) is 5.56 Å². The molecule has 0 saturated carbocycles. The van der Waals surface area contributed by atoms with E-state index < -0.39 is 5.82 Å². The Labute approximate surface area is 118 Å². The summed E-state index contributed by atoms with van der Waals surface area (Å²) < 4.78 is 13.1. The lowest BCUT2D eigenvalue weighted by Crippen LogP contribution is -2.39. The number of carbonyl (C=O) groups is 1. The van der Waals surface area contributed by atoms with Gasteiger partial charge >= 0.3 is 0 Å². The summed E-state index contributed by atoms with van der Waals surface area (Å²) in [6.07, 6.45) is 0.478. The third-order valence-corrected chi connectivity index (χ3v) is 3.46. The van der Waals surface area contributed by atoms with E-state index in [1.54, 1.807) is 17.0 Å². The topological polar surface area (TPSA) is 46.3 Å². The van der Waals surface area contributed by atoms with Crippen molar-refractivity contribution in [2.24, 2.45) is 11.7 Å². The highest BCUT2D eigenvalue weighted by Crippen LogP contribution is 2.19. The molecule has 106 valence electrons. The summed E-state index contributed by atoms with van der Waals surface area (Å²) in [6.45, 7) is 5.46. The van der Waals surface area contributed by atoms with Crippen molar-refractivity contribution >= 4 is 17.5 Å². The Bertz CT molecular complexity index is 435. The Morgan fingerprint density at radius 2 is 2.05 bits per heavy atom. The van der Waals surface area contributed by atoms with Crippen molar-refractivity contribution < 1.29 is 9.18 Å². The predicted molar refractivity (Wildman–Crippen MR) is 75.6 cm³/mol. The first-order chi connectivity index (χ1) is 9.03. The van der Waals surface area contributed by atoms with E-state index in [-0.39, 0.29) is 23.4 Å². The van der Waals surface area contributed by atoms with Crippen LogP contribution in [0.25, 0.3) is 0 Å². The zero-order valence-electron chi connectivity index (χ0n) is 11.3. The van der Waals surface area contributed by atoms with Crippen LogP contribution >= 0.6 is 11.6 Å². The molecule has 0 fully saturated rings. The molecular weight excluding hydrogens is 267 g/mol. The van der Waals surface area contributed by atoms with Gasteiger partial charge in [0.2, 0.25) is 5.91 Å². The molecule has 2 N–H and O–H groups in total. The average Bonchev–Trinajstić information content (AvgIpc) is 2.41. The molecule has 0 aliphatic rings. The second-order valence-corrected chi connectivity index (χ2v) is 4.80. The van der Waals surface area contributed by atoms with E-state index in [1.807, 2.05) is 13.8 Å². The van der Waals surface area contributed by atoms with Crippen LogP contribution in [0.1, 0.15) is 19.4 Å². The van der Waals surface area contributed by atoms with Gasteiger partial charge in [-0.15, -0.1) is 0 Å². The van der Waals surface area contributed by atoms with Gasteiger partial charge in [0.25, 0.3) is 0 Å². The molecule has 0 saturated heterocycles. The van der Waals surface area contributed by atoms with Gasteiger partial charge in [0.05, 0.1) is 10.9 Å². The van der Waals surface area contributed by atoms with Gasteiger partial charge in [-0.05, 0) is 38.0 Å². The maximum absolute atomic E-state index is 13.1. The molecule has 1 amide bonds. The van der Waals surface area contributed by atoms with Crippen LogP contribution in [0.3, 0.4) is 0 Å². The minimum atomic E-state index is -0.454. The van der Waals surface area contributed by atoms with E-state index in [0.29, 0.717) is 19.5 Å². The van der Waals surface area contributed by atoms with E-state index in [2.05, 4.69) is 0 Å². The third-order valence-electron chi connectivity index (χ3n) is 3.17. The fraction of sp³-hybridized carbons (Fsp3) is 0.500. The highest BCUT2D eigenvalue weighted by atomic mass is 35.5. The normalized spacial score (nSPS) is 12.3. The summed E-state index contributed by atoms with van der Waals surface area (Å²) in [7, 11) is 0. The number of hydrogen-bond donors (Lipinski definition) is 1. The molecule has 0 bridgehead atoms. The summed E-state index contributed by atoms with van der Waals surface area (Å²) in [5.74, 6) is -0.709. The smallest absolute Gasteiger partial charge is 0.227 e. The molecule has 0 aliphatic heterocycles. The minimum absolute atomic E-state index is 0.0351. The first-order valence-corrected chi connectivity index (χ1v) is 6.84. The van der Waals surface area contributed by atoms with E-state index in [9.17, 15) is 9.18 Å². The van der Waals surface area contributed by atoms with E-state index in [1.165, 1.54) is 6.07 Å². The first-order valence-electron chi connectivity index (χ1n) is 6.46. The number of hydrogen-bond acceptors (Lipinski definition) is 2. The molecule has 0 aliphatic carbocycles. The van der Waals surface area contributed by atoms with Crippen molar-refractivity contribution in [3.8, 4) is 0 Å². The lowest BCUT2D eigenvalue weighted by Gasteiger charge is -2.24. The Morgan fingerprint density at radius 3 is 2.53 bits per heavy atom. The van der Waals surface area contributed by atoms with Gasteiger partial charge in [0, 0.05) is 19.6 Å². The number of benzene rings is 1. The Hall–Kier alpha value is -1.13. The third kappa shape index (κ3) is 4.18. The van der Waals surface area contributed by atoms with Crippen LogP contribution in [-0.4, -0.2) is 30.4 Å². The number of halogens is 2. The van der Waals surface area contributed by atoms with Gasteiger partial charge < -0.3 is 10.6 Å². The van der Waals surface area contributed by atoms with Gasteiger partial charge in [-0.2, -0.15) is 0 Å². The Morgan fingerprint density at radius 1 is 1.42 bits per heavy atom. The Kier molecular flexibility index (Phi) is 6.25. The number of rotatable bonds is 6. The fourth-order valence-electron chi connectivity index (χ4n) is 2.02. The number of carbonyl (C=O) groups excluding carboxylic acids is 1. The largest absolute Gasteiger partial charge is 0.343 e. The molecule has 19 heavy (non-hydrogen) atoms. The molecule has 0 radical (unpaired) electrons. The lowest BCUT2D eigenvalue weighted by molar-refractivity contribution is -0.134. The van der Waals surface area contributed by atoms with Crippen LogP contribution in [-0.2, 0) is 11.2 Å². The number of nitrogens with two attached hydrogens (primary N) is 1. The van der Waals surface area contributed by atoms with Crippen LogP contribution in [0, 0.1) is 11.7 Å². The summed E-state index contributed by atoms with van der Waals surface area (Å²) in [6, 6.07) is 4.50. The van der Waals surface area contributed by atoms with Crippen LogP contribution in [0.4, 0.5) is 4.39 Å². The molecule has 0 heterocycles. The summed E-state index contributed by atoms with van der Waals surface area (Å²) in [4.78, 5) is 14.0. The van der Waals surface area contributed by atoms with Gasteiger partial charge in [-0.25, -0.2) is 4.39 Å². The first kappa shape index (κ1) is 15.9. The second kappa shape index (κ2) is 7.46. The lowest BCUT2D eigenvalue weighted by atomic mass is 9.98. The standard InChI is InChI=1S/C14H20ClFN2O/c1-3-18(4-2)14(19)11(9-17)7-10-5-6-13(16)12(15)8-10/h5-6,8,11H,3-4,7,9,17H2,1-2H3. The maximum Gasteiger partial charge on any atom is 0.227 e. The zero-order chi connectivity index (χ0) is 14.4. The SMILES string of the molecule is CCN(CC)C(=O)C(CN)Cc1ccc(F)c(Cl)c1. The molecule has 5 heteroatoms. The van der Waals surface area contributed by atoms with Crippen molar-refractivity contribution in [2.45, 2.75) is 20.3 Å². The molecular formula is C14H20ClFN2O. The van der Waals surface area contributed by atoms with Gasteiger partial charge in [-0.3, -0.25) is 4.79 Å². The van der Waals surface area contributed by atoms with Gasteiger partial charge in [0.15, 0.2) is 0 Å². The molecule has 1 unspecified atom stereocenters. The quantitative estimate of drug-likeness (QED) is 0.873. The predicted octanol–water partition coefficient (Wildman–Crippen LogP) is 2.46. The van der Waals surface area contributed by atoms with Gasteiger partial charge in [-0.1, -0.05) is 17.7 Å². The Balaban J connectivity index is 2.81. The zero-order valence-corrected chi connectivity index (χ0v) is 12.1. The summed E-state index contributed by atoms with van der Waals surface area (Å²) >= 11 is 5.74. The molecule has 1 aromatic rings. The number of amides is 1. The van der Waals surface area contributed by atoms with Crippen LogP contribution in [0.15, 0.2) is 18.2 Å². The van der Waals surface area contributed by atoms with Crippen LogP contribution in [0.2, 0.25) is 5.02 Å². The average molecular weight is 287 g/mol.